The zero-order valence-corrected chi connectivity index (χ0v) is 16.8. The van der Waals surface area contributed by atoms with Crippen molar-refractivity contribution in [1.29, 1.82) is 0 Å². The summed E-state index contributed by atoms with van der Waals surface area (Å²) in [6.45, 7) is 11.6. The maximum Gasteiger partial charge on any atom is 0.160 e. The fourth-order valence-electron chi connectivity index (χ4n) is 1.82. The van der Waals surface area contributed by atoms with Crippen molar-refractivity contribution in [2.45, 2.75) is 34.1 Å². The quantitative estimate of drug-likeness (QED) is 0.319. The Kier molecular flexibility index (Phi) is 17.0. The monoisotopic (exact) mass is 376 g/mol. The lowest BCUT2D eigenvalue weighted by molar-refractivity contribution is -0.127. The summed E-state index contributed by atoms with van der Waals surface area (Å²) in [5, 5.41) is 0. The maximum atomic E-state index is 11.4. The molecule has 0 N–H and O–H groups in total. The summed E-state index contributed by atoms with van der Waals surface area (Å²) in [4.78, 5) is 22.7. The van der Waals surface area contributed by atoms with Crippen LogP contribution in [0.1, 0.15) is 34.1 Å². The molecule has 0 saturated heterocycles. The van der Waals surface area contributed by atoms with Crippen molar-refractivity contribution in [3.05, 3.63) is 0 Å². The van der Waals surface area contributed by atoms with E-state index in [0.717, 1.165) is 0 Å². The average molecular weight is 376 g/mol. The first kappa shape index (κ1) is 25.1. The number of carbonyl (C=O) groups is 2. The highest BCUT2D eigenvalue weighted by Gasteiger charge is 2.06. The summed E-state index contributed by atoms with van der Waals surface area (Å²) in [6, 6.07) is 0. The van der Waals surface area contributed by atoms with Gasteiger partial charge >= 0.3 is 0 Å². The van der Waals surface area contributed by atoms with Crippen molar-refractivity contribution in [2.24, 2.45) is 11.8 Å². The molecule has 0 amide bonds. The first-order valence-electron chi connectivity index (χ1n) is 9.36. The van der Waals surface area contributed by atoms with Gasteiger partial charge in [0.15, 0.2) is 11.6 Å². The number of Topliss-reactive ketones (excluding diaryl/α,β-unsaturated/α-hetero) is 2. The Hall–Kier alpha value is -0.860. The van der Waals surface area contributed by atoms with Gasteiger partial charge in [0.05, 0.1) is 52.9 Å². The second-order valence-electron chi connectivity index (χ2n) is 6.70. The fraction of sp³-hybridized carbons (Fsp3) is 0.895. The highest BCUT2D eigenvalue weighted by atomic mass is 16.6. The number of rotatable bonds is 19. The van der Waals surface area contributed by atoms with E-state index in [9.17, 15) is 9.59 Å². The molecule has 0 aliphatic heterocycles. The number of ketones is 2. The third kappa shape index (κ3) is 17.9. The molecule has 0 atom stereocenters. The normalized spacial score (nSPS) is 11.5. The molecule has 154 valence electrons. The van der Waals surface area contributed by atoms with Crippen molar-refractivity contribution >= 4 is 11.6 Å². The minimum absolute atomic E-state index is 0.00506. The van der Waals surface area contributed by atoms with Crippen LogP contribution in [0.2, 0.25) is 0 Å². The second kappa shape index (κ2) is 17.5. The van der Waals surface area contributed by atoms with E-state index in [2.05, 4.69) is 0 Å². The van der Waals surface area contributed by atoms with Gasteiger partial charge in [-0.15, -0.1) is 0 Å². The molecule has 7 nitrogen and oxygen atoms in total. The largest absolute Gasteiger partial charge is 0.377 e. The molecule has 0 rings (SSSR count). The molecule has 0 unspecified atom stereocenters. The Balaban J connectivity index is 3.16. The van der Waals surface area contributed by atoms with E-state index in [0.29, 0.717) is 65.2 Å². The van der Waals surface area contributed by atoms with Gasteiger partial charge in [-0.2, -0.15) is 0 Å². The first-order valence-corrected chi connectivity index (χ1v) is 9.36. The fourth-order valence-corrected chi connectivity index (χ4v) is 1.82. The highest BCUT2D eigenvalue weighted by Crippen LogP contribution is 2.00. The summed E-state index contributed by atoms with van der Waals surface area (Å²) < 4.78 is 26.5. The Bertz CT molecular complexity index is 356. The van der Waals surface area contributed by atoms with Gasteiger partial charge in [0.25, 0.3) is 0 Å². The number of hydrogen-bond donors (Lipinski definition) is 0. The van der Waals surface area contributed by atoms with Gasteiger partial charge in [0.1, 0.15) is 13.2 Å². The molecule has 26 heavy (non-hydrogen) atoms. The number of hydrogen-bond acceptors (Lipinski definition) is 7. The van der Waals surface area contributed by atoms with Gasteiger partial charge in [-0.25, -0.2) is 0 Å². The van der Waals surface area contributed by atoms with E-state index in [1.807, 2.05) is 27.7 Å². The van der Waals surface area contributed by atoms with Crippen LogP contribution in [0.15, 0.2) is 0 Å². The molecule has 0 radical (unpaired) electrons. The van der Waals surface area contributed by atoms with E-state index in [-0.39, 0.29) is 30.7 Å². The molecule has 0 saturated carbocycles. The lowest BCUT2D eigenvalue weighted by Gasteiger charge is -2.08. The van der Waals surface area contributed by atoms with Crippen LogP contribution >= 0.6 is 0 Å². The SMILES string of the molecule is CC(C)CC(=O)COCCOCCOCCOCCOCC(=O)C(C)C. The standard InChI is InChI=1S/C19H36O7/c1-16(2)13-18(20)14-25-11-9-23-7-5-22-6-8-24-10-12-26-15-19(21)17(3)4/h16-17H,5-15H2,1-4H3. The third-order valence-electron chi connectivity index (χ3n) is 3.28. The number of ether oxygens (including phenoxy) is 5. The van der Waals surface area contributed by atoms with Crippen molar-refractivity contribution in [2.75, 3.05) is 66.1 Å². The molecule has 7 heteroatoms. The van der Waals surface area contributed by atoms with Gasteiger partial charge in [0, 0.05) is 12.3 Å². The predicted octanol–water partition coefficient (Wildman–Crippen LogP) is 1.91. The van der Waals surface area contributed by atoms with Gasteiger partial charge in [0.2, 0.25) is 0 Å². The predicted molar refractivity (Wildman–Crippen MR) is 98.4 cm³/mol. The van der Waals surface area contributed by atoms with Crippen LogP contribution in [0.3, 0.4) is 0 Å². The molecule has 0 fully saturated rings. The van der Waals surface area contributed by atoms with Crippen LogP contribution < -0.4 is 0 Å². The molecule has 0 aromatic rings. The topological polar surface area (TPSA) is 80.3 Å². The summed E-state index contributed by atoms with van der Waals surface area (Å²) >= 11 is 0. The molecule has 0 heterocycles. The Labute approximate surface area is 157 Å². The van der Waals surface area contributed by atoms with E-state index >= 15 is 0 Å². The zero-order chi connectivity index (χ0) is 19.6. The Morgan fingerprint density at radius 2 is 1.00 bits per heavy atom. The average Bonchev–Trinajstić information content (AvgIpc) is 2.57. The van der Waals surface area contributed by atoms with Crippen molar-refractivity contribution in [1.82, 2.24) is 0 Å². The second-order valence-corrected chi connectivity index (χ2v) is 6.70. The molecular formula is C19H36O7. The summed E-state index contributed by atoms with van der Waals surface area (Å²) in [5.74, 6) is 0.594. The molecule has 0 aromatic carbocycles. The van der Waals surface area contributed by atoms with E-state index in [1.54, 1.807) is 0 Å². The Morgan fingerprint density at radius 1 is 0.615 bits per heavy atom. The summed E-state index contributed by atoms with van der Waals surface area (Å²) in [5.41, 5.74) is 0. The van der Waals surface area contributed by atoms with E-state index in [4.69, 9.17) is 23.7 Å². The van der Waals surface area contributed by atoms with E-state index < -0.39 is 0 Å². The lowest BCUT2D eigenvalue weighted by atomic mass is 10.1. The third-order valence-corrected chi connectivity index (χ3v) is 3.28. The first-order chi connectivity index (χ1) is 12.4. The van der Waals surface area contributed by atoms with Gasteiger partial charge in [-0.3, -0.25) is 9.59 Å². The molecule has 0 aromatic heterocycles. The molecule has 0 aliphatic carbocycles. The van der Waals surface area contributed by atoms with Gasteiger partial charge < -0.3 is 23.7 Å². The molecule has 0 spiro atoms. The van der Waals surface area contributed by atoms with E-state index in [1.165, 1.54) is 0 Å². The molecule has 0 aliphatic rings. The maximum absolute atomic E-state index is 11.4. The van der Waals surface area contributed by atoms with Crippen molar-refractivity contribution in [3.63, 3.8) is 0 Å². The lowest BCUT2D eigenvalue weighted by Crippen LogP contribution is -2.17. The smallest absolute Gasteiger partial charge is 0.160 e. The van der Waals surface area contributed by atoms with Crippen LogP contribution in [0.4, 0.5) is 0 Å². The summed E-state index contributed by atoms with van der Waals surface area (Å²) in [6.07, 6.45) is 0.555. The van der Waals surface area contributed by atoms with Gasteiger partial charge in [-0.1, -0.05) is 27.7 Å². The minimum Gasteiger partial charge on any atom is -0.377 e. The highest BCUT2D eigenvalue weighted by molar-refractivity contribution is 5.81. The Morgan fingerprint density at radius 3 is 1.38 bits per heavy atom. The summed E-state index contributed by atoms with van der Waals surface area (Å²) in [7, 11) is 0. The zero-order valence-electron chi connectivity index (χ0n) is 16.8. The van der Waals surface area contributed by atoms with Crippen LogP contribution in [0, 0.1) is 11.8 Å². The van der Waals surface area contributed by atoms with Crippen LogP contribution in [-0.4, -0.2) is 77.6 Å². The van der Waals surface area contributed by atoms with Crippen molar-refractivity contribution < 1.29 is 33.3 Å². The molecular weight excluding hydrogens is 340 g/mol. The van der Waals surface area contributed by atoms with Crippen molar-refractivity contribution in [3.8, 4) is 0 Å². The molecule has 0 bridgehead atoms. The number of carbonyl (C=O) groups excluding carboxylic acids is 2. The van der Waals surface area contributed by atoms with Crippen LogP contribution in [-0.2, 0) is 33.3 Å². The minimum atomic E-state index is 0.00506. The van der Waals surface area contributed by atoms with Crippen LogP contribution in [0.5, 0.6) is 0 Å². The van der Waals surface area contributed by atoms with Gasteiger partial charge in [-0.05, 0) is 5.92 Å². The van der Waals surface area contributed by atoms with Crippen LogP contribution in [0.25, 0.3) is 0 Å².